The van der Waals surface area contributed by atoms with Crippen LogP contribution in [0.25, 0.3) is 11.1 Å². The average molecular weight is 481 g/mol. The summed E-state index contributed by atoms with van der Waals surface area (Å²) in [7, 11) is 0. The molecule has 0 aromatic heterocycles. The Balaban J connectivity index is 1.60. The smallest absolute Gasteiger partial charge is 0.196 e. The van der Waals surface area contributed by atoms with Crippen molar-refractivity contribution >= 4 is 22.7 Å². The van der Waals surface area contributed by atoms with Crippen LogP contribution >= 0.6 is 0 Å². The molecular formula is C32H36N2O2. The van der Waals surface area contributed by atoms with Gasteiger partial charge in [-0.3, -0.25) is 9.59 Å². The third kappa shape index (κ3) is 5.28. The van der Waals surface area contributed by atoms with Crippen molar-refractivity contribution in [3.63, 3.8) is 0 Å². The van der Waals surface area contributed by atoms with E-state index in [4.69, 9.17) is 11.5 Å². The number of aryl methyl sites for hydroxylation is 2. The second-order valence-corrected chi connectivity index (χ2v) is 9.74. The standard InChI is InChI=1S/C32H36N2O2/c1-3-5-7-9-21-11-15-23(16-12-21)25-19-27(33)30-29(31(25)35)28(34)20-26(32(30)36)24-17-13-22(14-18-24)10-8-6-4-2/h11-20H,3-10,33-34H2,1-2H3. The number of fused-ring (bicyclic) bond motifs is 1. The third-order valence-electron chi connectivity index (χ3n) is 7.04. The highest BCUT2D eigenvalue weighted by Crippen LogP contribution is 2.38. The van der Waals surface area contributed by atoms with Gasteiger partial charge in [0.1, 0.15) is 0 Å². The molecule has 0 bridgehead atoms. The van der Waals surface area contributed by atoms with Crippen molar-refractivity contribution in [2.45, 2.75) is 65.2 Å². The zero-order chi connectivity index (χ0) is 25.7. The fraction of sp³-hybridized carbons (Fsp3) is 0.312. The van der Waals surface area contributed by atoms with Crippen LogP contribution in [0.4, 0.5) is 0 Å². The first-order chi connectivity index (χ1) is 17.4. The van der Waals surface area contributed by atoms with Gasteiger partial charge in [-0.25, -0.2) is 0 Å². The van der Waals surface area contributed by atoms with E-state index in [0.717, 1.165) is 36.8 Å². The molecular weight excluding hydrogens is 444 g/mol. The first-order valence-electron chi connectivity index (χ1n) is 13.2. The topological polar surface area (TPSA) is 86.2 Å². The number of benzene rings is 2. The lowest BCUT2D eigenvalue weighted by atomic mass is 9.77. The predicted octanol–water partition coefficient (Wildman–Crippen LogP) is 6.21. The van der Waals surface area contributed by atoms with Crippen LogP contribution in [0.15, 0.2) is 83.2 Å². The first-order valence-corrected chi connectivity index (χ1v) is 13.2. The van der Waals surface area contributed by atoms with E-state index < -0.39 is 0 Å². The van der Waals surface area contributed by atoms with E-state index in [0.29, 0.717) is 11.1 Å². The van der Waals surface area contributed by atoms with E-state index in [2.05, 4.69) is 38.1 Å². The van der Waals surface area contributed by atoms with E-state index in [1.807, 2.05) is 24.3 Å². The van der Waals surface area contributed by atoms with Crippen LogP contribution in [0.1, 0.15) is 74.6 Å². The number of rotatable bonds is 10. The number of unbranched alkanes of at least 4 members (excludes halogenated alkanes) is 4. The fourth-order valence-electron chi connectivity index (χ4n) is 4.92. The van der Waals surface area contributed by atoms with Crippen LogP contribution in [0.3, 0.4) is 0 Å². The van der Waals surface area contributed by atoms with E-state index in [-0.39, 0.29) is 34.1 Å². The van der Waals surface area contributed by atoms with E-state index >= 15 is 0 Å². The Morgan fingerprint density at radius 3 is 1.25 bits per heavy atom. The van der Waals surface area contributed by atoms with Crippen LogP contribution in [0, 0.1) is 0 Å². The summed E-state index contributed by atoms with van der Waals surface area (Å²) in [4.78, 5) is 27.0. The quantitative estimate of drug-likeness (QED) is 0.396. The maximum absolute atomic E-state index is 13.5. The SMILES string of the molecule is CCCCCc1ccc(C2=CC(N)=C3C(=O)C(c4ccc(CCCCC)cc4)=CC(N)=C3C2=O)cc1. The van der Waals surface area contributed by atoms with Gasteiger partial charge in [-0.1, -0.05) is 88.1 Å². The van der Waals surface area contributed by atoms with Gasteiger partial charge in [0.15, 0.2) is 11.6 Å². The van der Waals surface area contributed by atoms with Crippen molar-refractivity contribution in [2.75, 3.05) is 0 Å². The number of hydrogen-bond acceptors (Lipinski definition) is 4. The van der Waals surface area contributed by atoms with Crippen LogP contribution in [0.5, 0.6) is 0 Å². The lowest BCUT2D eigenvalue weighted by Gasteiger charge is -2.25. The van der Waals surface area contributed by atoms with Gasteiger partial charge in [-0.2, -0.15) is 0 Å². The lowest BCUT2D eigenvalue weighted by molar-refractivity contribution is -0.113. The fourth-order valence-corrected chi connectivity index (χ4v) is 4.92. The first kappa shape index (κ1) is 25.4. The Hall–Kier alpha value is -3.66. The van der Waals surface area contributed by atoms with Crippen LogP contribution in [-0.4, -0.2) is 11.6 Å². The number of hydrogen-bond donors (Lipinski definition) is 2. The van der Waals surface area contributed by atoms with Crippen molar-refractivity contribution in [1.82, 2.24) is 0 Å². The van der Waals surface area contributed by atoms with Gasteiger partial charge in [-0.05, 0) is 60.1 Å². The Kier molecular flexibility index (Phi) is 8.04. The second-order valence-electron chi connectivity index (χ2n) is 9.74. The number of ketones is 2. The summed E-state index contributed by atoms with van der Waals surface area (Å²) in [6.45, 7) is 4.38. The molecule has 4 N–H and O–H groups in total. The Bertz CT molecular complexity index is 1170. The third-order valence-corrected chi connectivity index (χ3v) is 7.04. The number of Topliss-reactive ketones (excluding diaryl/α,β-unsaturated/α-hetero) is 2. The van der Waals surface area contributed by atoms with Gasteiger partial charge in [-0.15, -0.1) is 0 Å². The van der Waals surface area contributed by atoms with Crippen LogP contribution in [-0.2, 0) is 22.4 Å². The zero-order valence-corrected chi connectivity index (χ0v) is 21.4. The Morgan fingerprint density at radius 1 is 0.556 bits per heavy atom. The molecule has 0 saturated heterocycles. The molecule has 0 amide bonds. The van der Waals surface area contributed by atoms with Gasteiger partial charge < -0.3 is 11.5 Å². The second kappa shape index (κ2) is 11.4. The molecule has 4 nitrogen and oxygen atoms in total. The molecule has 2 aromatic rings. The van der Waals surface area contributed by atoms with Crippen LogP contribution < -0.4 is 11.5 Å². The molecule has 4 heteroatoms. The molecule has 0 unspecified atom stereocenters. The highest BCUT2D eigenvalue weighted by Gasteiger charge is 2.36. The summed E-state index contributed by atoms with van der Waals surface area (Å²) >= 11 is 0. The van der Waals surface area contributed by atoms with E-state index in [1.165, 1.54) is 36.8 Å². The summed E-state index contributed by atoms with van der Waals surface area (Å²) in [6, 6.07) is 16.0. The molecule has 0 fully saturated rings. The monoisotopic (exact) mass is 480 g/mol. The number of carbonyl (C=O) groups excluding carboxylic acids is 2. The van der Waals surface area contributed by atoms with E-state index in [1.54, 1.807) is 12.2 Å². The van der Waals surface area contributed by atoms with Crippen molar-refractivity contribution in [2.24, 2.45) is 11.5 Å². The molecule has 36 heavy (non-hydrogen) atoms. The zero-order valence-electron chi connectivity index (χ0n) is 21.4. The summed E-state index contributed by atoms with van der Waals surface area (Å²) in [5.41, 5.74) is 18.7. The summed E-state index contributed by atoms with van der Waals surface area (Å²) < 4.78 is 0. The van der Waals surface area contributed by atoms with Gasteiger partial charge in [0.05, 0.1) is 11.1 Å². The average Bonchev–Trinajstić information content (AvgIpc) is 2.88. The molecule has 2 aliphatic carbocycles. The van der Waals surface area contributed by atoms with Crippen molar-refractivity contribution in [1.29, 1.82) is 0 Å². The number of allylic oxidation sites excluding steroid dienone is 6. The Labute approximate surface area is 214 Å². The van der Waals surface area contributed by atoms with Gasteiger partial charge in [0.25, 0.3) is 0 Å². The minimum Gasteiger partial charge on any atom is -0.398 e. The minimum absolute atomic E-state index is 0.210. The highest BCUT2D eigenvalue weighted by molar-refractivity contribution is 6.42. The largest absolute Gasteiger partial charge is 0.398 e. The van der Waals surface area contributed by atoms with Gasteiger partial charge in [0.2, 0.25) is 0 Å². The van der Waals surface area contributed by atoms with Crippen molar-refractivity contribution in [3.8, 4) is 0 Å². The molecule has 2 aliphatic rings. The molecule has 0 aliphatic heterocycles. The molecule has 2 aromatic carbocycles. The summed E-state index contributed by atoms with van der Waals surface area (Å²) in [5, 5.41) is 0. The van der Waals surface area contributed by atoms with Crippen molar-refractivity contribution in [3.05, 3.63) is 105 Å². The Morgan fingerprint density at radius 2 is 0.917 bits per heavy atom. The number of nitrogens with two attached hydrogens (primary N) is 2. The van der Waals surface area contributed by atoms with Gasteiger partial charge in [0, 0.05) is 22.5 Å². The predicted molar refractivity (Wildman–Crippen MR) is 148 cm³/mol. The summed E-state index contributed by atoms with van der Waals surface area (Å²) in [5.74, 6) is -0.518. The highest BCUT2D eigenvalue weighted by atomic mass is 16.1. The molecule has 0 atom stereocenters. The number of carbonyl (C=O) groups is 2. The molecule has 0 spiro atoms. The maximum Gasteiger partial charge on any atom is 0.196 e. The molecule has 0 heterocycles. The molecule has 0 radical (unpaired) electrons. The van der Waals surface area contributed by atoms with Crippen LogP contribution in [0.2, 0.25) is 0 Å². The molecule has 4 rings (SSSR count). The van der Waals surface area contributed by atoms with E-state index in [9.17, 15) is 9.59 Å². The molecule has 186 valence electrons. The summed E-state index contributed by atoms with van der Waals surface area (Å²) in [6.07, 6.45) is 12.4. The van der Waals surface area contributed by atoms with Gasteiger partial charge >= 0.3 is 0 Å². The molecule has 0 saturated carbocycles. The normalized spacial score (nSPS) is 15.7. The maximum atomic E-state index is 13.5. The van der Waals surface area contributed by atoms with Crippen molar-refractivity contribution < 1.29 is 9.59 Å². The lowest BCUT2D eigenvalue weighted by Crippen LogP contribution is -2.28. The minimum atomic E-state index is -0.259.